The number of hydrogen-bond acceptors (Lipinski definition) is 4. The summed E-state index contributed by atoms with van der Waals surface area (Å²) >= 11 is 1.77. The van der Waals surface area contributed by atoms with Crippen molar-refractivity contribution in [2.24, 2.45) is 10.7 Å². The predicted molar refractivity (Wildman–Crippen MR) is 119 cm³/mol. The molecule has 3 rings (SSSR count). The standard InChI is InChI=1S/C19H26N4OS.HI/c20-19(21-8-7-18-6-3-13-25-18)22-14-16-4-1-2-5-17(16)15-23-9-11-24-12-10-23;/h1-6,13H,7-12,14-15H2,(H3,20,21,22);1H. The zero-order valence-corrected chi connectivity index (χ0v) is 18.0. The van der Waals surface area contributed by atoms with Crippen molar-refractivity contribution in [1.82, 2.24) is 10.2 Å². The van der Waals surface area contributed by atoms with Crippen molar-refractivity contribution in [2.75, 3.05) is 32.8 Å². The van der Waals surface area contributed by atoms with Gasteiger partial charge in [0.15, 0.2) is 5.96 Å². The van der Waals surface area contributed by atoms with Crippen molar-refractivity contribution >= 4 is 41.3 Å². The number of ether oxygens (including phenoxy) is 1. The molecule has 1 aliphatic heterocycles. The van der Waals surface area contributed by atoms with Gasteiger partial charge in [-0.25, -0.2) is 4.99 Å². The lowest BCUT2D eigenvalue weighted by molar-refractivity contribution is 0.0341. The Labute approximate surface area is 176 Å². The van der Waals surface area contributed by atoms with Crippen molar-refractivity contribution in [3.63, 3.8) is 0 Å². The molecule has 26 heavy (non-hydrogen) atoms. The number of rotatable bonds is 7. The summed E-state index contributed by atoms with van der Waals surface area (Å²) in [6.07, 6.45) is 0.974. The van der Waals surface area contributed by atoms with Gasteiger partial charge in [-0.15, -0.1) is 35.3 Å². The molecule has 5 nitrogen and oxygen atoms in total. The number of hydrogen-bond donors (Lipinski definition) is 2. The normalized spacial score (nSPS) is 15.5. The summed E-state index contributed by atoms with van der Waals surface area (Å²) in [5.41, 5.74) is 8.56. The van der Waals surface area contributed by atoms with Gasteiger partial charge < -0.3 is 15.8 Å². The van der Waals surface area contributed by atoms with Crippen LogP contribution in [0.4, 0.5) is 0 Å². The third kappa shape index (κ3) is 6.86. The molecule has 0 spiro atoms. The molecular weight excluding hydrogens is 459 g/mol. The minimum absolute atomic E-state index is 0. The maximum absolute atomic E-state index is 6.01. The Bertz CT molecular complexity index is 672. The van der Waals surface area contributed by atoms with E-state index >= 15 is 0 Å². The number of nitrogens with zero attached hydrogens (tertiary/aromatic N) is 2. The largest absolute Gasteiger partial charge is 0.379 e. The Kier molecular flexibility index (Phi) is 9.38. The van der Waals surface area contributed by atoms with Crippen LogP contribution in [-0.4, -0.2) is 43.7 Å². The summed E-state index contributed by atoms with van der Waals surface area (Å²) in [5.74, 6) is 0.512. The van der Waals surface area contributed by atoms with E-state index in [1.54, 1.807) is 11.3 Å². The van der Waals surface area contributed by atoms with E-state index in [9.17, 15) is 0 Å². The third-order valence-electron chi connectivity index (χ3n) is 4.29. The first-order valence-corrected chi connectivity index (χ1v) is 9.62. The highest BCUT2D eigenvalue weighted by molar-refractivity contribution is 14.0. The smallest absolute Gasteiger partial charge is 0.188 e. The molecule has 0 unspecified atom stereocenters. The average molecular weight is 486 g/mol. The maximum atomic E-state index is 6.01. The van der Waals surface area contributed by atoms with E-state index in [0.717, 1.165) is 45.8 Å². The number of guanidine groups is 1. The first-order valence-electron chi connectivity index (χ1n) is 8.74. The first-order chi connectivity index (χ1) is 12.3. The lowest BCUT2D eigenvalue weighted by Gasteiger charge is -2.27. The lowest BCUT2D eigenvalue weighted by Crippen LogP contribution is -2.36. The molecule has 142 valence electrons. The SMILES string of the molecule is I.NC(=NCc1ccccc1CN1CCOCC1)NCCc1cccs1. The van der Waals surface area contributed by atoms with E-state index in [1.165, 1.54) is 16.0 Å². The van der Waals surface area contributed by atoms with Crippen LogP contribution < -0.4 is 11.1 Å². The van der Waals surface area contributed by atoms with Crippen LogP contribution in [0.5, 0.6) is 0 Å². The van der Waals surface area contributed by atoms with Crippen molar-refractivity contribution in [3.8, 4) is 0 Å². The van der Waals surface area contributed by atoms with E-state index in [-0.39, 0.29) is 24.0 Å². The molecule has 1 aromatic carbocycles. The van der Waals surface area contributed by atoms with Gasteiger partial charge in [0.05, 0.1) is 19.8 Å². The van der Waals surface area contributed by atoms with Gasteiger partial charge in [-0.2, -0.15) is 0 Å². The molecule has 2 aromatic rings. The highest BCUT2D eigenvalue weighted by Crippen LogP contribution is 2.14. The number of halogens is 1. The summed E-state index contributed by atoms with van der Waals surface area (Å²) in [4.78, 5) is 8.29. The number of aliphatic imine (C=N–C) groups is 1. The summed E-state index contributed by atoms with van der Waals surface area (Å²) in [6, 6.07) is 12.7. The Hall–Kier alpha value is -1.16. The summed E-state index contributed by atoms with van der Waals surface area (Å²) in [5, 5.41) is 5.29. The molecule has 1 aromatic heterocycles. The third-order valence-corrected chi connectivity index (χ3v) is 5.23. The Morgan fingerprint density at radius 1 is 1.15 bits per heavy atom. The van der Waals surface area contributed by atoms with Crippen LogP contribution in [0, 0.1) is 0 Å². The molecule has 3 N–H and O–H groups in total. The van der Waals surface area contributed by atoms with Gasteiger partial charge in [0.25, 0.3) is 0 Å². The summed E-state index contributed by atoms with van der Waals surface area (Å²) in [7, 11) is 0. The predicted octanol–water partition coefficient (Wildman–Crippen LogP) is 2.85. The quantitative estimate of drug-likeness (QED) is 0.359. The molecule has 0 amide bonds. The van der Waals surface area contributed by atoms with Gasteiger partial charge in [-0.05, 0) is 29.0 Å². The van der Waals surface area contributed by atoms with Gasteiger partial charge in [-0.1, -0.05) is 30.3 Å². The van der Waals surface area contributed by atoms with E-state index in [4.69, 9.17) is 10.5 Å². The van der Waals surface area contributed by atoms with Crippen LogP contribution in [0.25, 0.3) is 0 Å². The molecule has 1 saturated heterocycles. The summed E-state index contributed by atoms with van der Waals surface area (Å²) in [6.45, 7) is 5.99. The number of nitrogens with two attached hydrogens (primary N) is 1. The zero-order valence-electron chi connectivity index (χ0n) is 14.9. The maximum Gasteiger partial charge on any atom is 0.188 e. The van der Waals surface area contributed by atoms with Crippen molar-refractivity contribution in [2.45, 2.75) is 19.5 Å². The molecule has 2 heterocycles. The van der Waals surface area contributed by atoms with Crippen LogP contribution >= 0.6 is 35.3 Å². The minimum atomic E-state index is 0. The molecule has 1 fully saturated rings. The lowest BCUT2D eigenvalue weighted by atomic mass is 10.1. The van der Waals surface area contributed by atoms with Gasteiger partial charge in [0, 0.05) is 31.1 Å². The monoisotopic (exact) mass is 486 g/mol. The highest BCUT2D eigenvalue weighted by atomic mass is 127. The Morgan fingerprint density at radius 3 is 2.65 bits per heavy atom. The second kappa shape index (κ2) is 11.5. The fourth-order valence-electron chi connectivity index (χ4n) is 2.86. The van der Waals surface area contributed by atoms with Crippen LogP contribution in [0.2, 0.25) is 0 Å². The molecule has 0 saturated carbocycles. The van der Waals surface area contributed by atoms with Gasteiger partial charge >= 0.3 is 0 Å². The Balaban J connectivity index is 0.00000243. The van der Waals surface area contributed by atoms with E-state index in [2.05, 4.69) is 57.0 Å². The van der Waals surface area contributed by atoms with Gasteiger partial charge in [0.1, 0.15) is 0 Å². The Morgan fingerprint density at radius 2 is 1.92 bits per heavy atom. The fourth-order valence-corrected chi connectivity index (χ4v) is 3.57. The molecule has 0 aliphatic carbocycles. The van der Waals surface area contributed by atoms with Crippen molar-refractivity contribution in [3.05, 3.63) is 57.8 Å². The number of morpholine rings is 1. The second-order valence-corrected chi connectivity index (χ2v) is 7.15. The number of thiophene rings is 1. The molecule has 7 heteroatoms. The first kappa shape index (κ1) is 21.1. The van der Waals surface area contributed by atoms with Crippen molar-refractivity contribution in [1.29, 1.82) is 0 Å². The molecule has 0 bridgehead atoms. The van der Waals surface area contributed by atoms with Crippen LogP contribution in [0.1, 0.15) is 16.0 Å². The van der Waals surface area contributed by atoms with Crippen LogP contribution in [0.15, 0.2) is 46.8 Å². The van der Waals surface area contributed by atoms with Crippen LogP contribution in [-0.2, 0) is 24.2 Å². The van der Waals surface area contributed by atoms with E-state index in [1.807, 2.05) is 0 Å². The summed E-state index contributed by atoms with van der Waals surface area (Å²) < 4.78 is 5.42. The topological polar surface area (TPSA) is 62.9 Å². The molecule has 0 atom stereocenters. The molecule has 0 radical (unpaired) electrons. The zero-order chi connectivity index (χ0) is 17.3. The number of benzene rings is 1. The average Bonchev–Trinajstić information content (AvgIpc) is 3.15. The highest BCUT2D eigenvalue weighted by Gasteiger charge is 2.12. The molecular formula is C19H27IN4OS. The number of nitrogens with one attached hydrogen (secondary N) is 1. The van der Waals surface area contributed by atoms with Crippen molar-refractivity contribution < 1.29 is 4.74 Å². The van der Waals surface area contributed by atoms with E-state index in [0.29, 0.717) is 12.5 Å². The minimum Gasteiger partial charge on any atom is -0.379 e. The van der Waals surface area contributed by atoms with Gasteiger partial charge in [-0.3, -0.25) is 4.90 Å². The van der Waals surface area contributed by atoms with E-state index < -0.39 is 0 Å². The van der Waals surface area contributed by atoms with Crippen LogP contribution in [0.3, 0.4) is 0 Å². The molecule has 1 aliphatic rings. The second-order valence-electron chi connectivity index (χ2n) is 6.11. The fraction of sp³-hybridized carbons (Fsp3) is 0.421. The van der Waals surface area contributed by atoms with Gasteiger partial charge in [0.2, 0.25) is 0 Å².